The van der Waals surface area contributed by atoms with Crippen molar-refractivity contribution in [1.82, 2.24) is 5.32 Å². The summed E-state index contributed by atoms with van der Waals surface area (Å²) in [6, 6.07) is 13.5. The molecule has 0 radical (unpaired) electrons. The van der Waals surface area contributed by atoms with Gasteiger partial charge in [0.25, 0.3) is 0 Å². The lowest BCUT2D eigenvalue weighted by Crippen LogP contribution is -2.40. The summed E-state index contributed by atoms with van der Waals surface area (Å²) in [5.74, 6) is -2.37. The number of alkyl halides is 5. The molecule has 2 heterocycles. The van der Waals surface area contributed by atoms with E-state index < -0.39 is 47.5 Å². The minimum Gasteiger partial charge on any atom is -0.485 e. The van der Waals surface area contributed by atoms with Crippen molar-refractivity contribution < 1.29 is 50.5 Å². The number of ether oxygens (including phenoxy) is 4. The van der Waals surface area contributed by atoms with Gasteiger partial charge < -0.3 is 24.3 Å². The van der Waals surface area contributed by atoms with Crippen molar-refractivity contribution in [1.29, 1.82) is 0 Å². The van der Waals surface area contributed by atoms with Crippen LogP contribution in [0.5, 0.6) is 17.2 Å². The monoisotopic (exact) mass is 575 g/mol. The van der Waals surface area contributed by atoms with Crippen molar-refractivity contribution in [3.05, 3.63) is 88.5 Å². The van der Waals surface area contributed by atoms with Crippen molar-refractivity contribution in [2.24, 2.45) is 0 Å². The van der Waals surface area contributed by atoms with Crippen LogP contribution in [0, 0.1) is 0 Å². The van der Waals surface area contributed by atoms with Crippen LogP contribution in [0.3, 0.4) is 0 Å². The van der Waals surface area contributed by atoms with Gasteiger partial charge in [-0.05, 0) is 60.4 Å². The summed E-state index contributed by atoms with van der Waals surface area (Å²) in [4.78, 5) is 25.8. The number of esters is 1. The van der Waals surface area contributed by atoms with E-state index in [1.54, 1.807) is 18.2 Å². The van der Waals surface area contributed by atoms with Gasteiger partial charge in [-0.2, -0.15) is 13.2 Å². The Kier molecular flexibility index (Phi) is 6.13. The van der Waals surface area contributed by atoms with Crippen molar-refractivity contribution in [2.45, 2.75) is 49.3 Å². The van der Waals surface area contributed by atoms with Crippen LogP contribution in [-0.2, 0) is 21.2 Å². The van der Waals surface area contributed by atoms with Gasteiger partial charge in [-0.1, -0.05) is 24.3 Å². The van der Waals surface area contributed by atoms with Crippen LogP contribution in [0.4, 0.5) is 22.0 Å². The zero-order chi connectivity index (χ0) is 29.2. The van der Waals surface area contributed by atoms with E-state index in [1.165, 1.54) is 37.4 Å². The van der Waals surface area contributed by atoms with E-state index in [9.17, 15) is 31.5 Å². The third kappa shape index (κ3) is 5.02. The molecule has 3 aliphatic rings. The lowest BCUT2D eigenvalue weighted by molar-refractivity contribution is -0.286. The number of hydrogen-bond donors (Lipinski definition) is 1. The SMILES string of the molecule is COC(=O)c1cccc([C@H]2C[C@@H](C(=O)NC3(c4ccc5c(c4)OC(F)(F)O5)CC3)c3ccc(C(F)(F)F)cc3O2)c1. The maximum atomic E-state index is 13.8. The predicted octanol–water partition coefficient (Wildman–Crippen LogP) is 6.23. The Hall–Kier alpha value is -4.35. The van der Waals surface area contributed by atoms with Gasteiger partial charge in [-0.3, -0.25) is 4.79 Å². The maximum Gasteiger partial charge on any atom is 0.586 e. The van der Waals surface area contributed by atoms with Gasteiger partial charge in [-0.25, -0.2) is 4.79 Å². The fraction of sp³-hybridized carbons (Fsp3) is 0.310. The smallest absolute Gasteiger partial charge is 0.485 e. The van der Waals surface area contributed by atoms with E-state index in [2.05, 4.69) is 14.8 Å². The van der Waals surface area contributed by atoms with Gasteiger partial charge in [0.05, 0.1) is 29.7 Å². The molecule has 0 saturated heterocycles. The molecular weight excluding hydrogens is 553 g/mol. The first-order chi connectivity index (χ1) is 19.4. The summed E-state index contributed by atoms with van der Waals surface area (Å²) < 4.78 is 87.3. The van der Waals surface area contributed by atoms with Crippen LogP contribution in [0.2, 0.25) is 0 Å². The number of rotatable bonds is 5. The number of amides is 1. The molecule has 6 rings (SSSR count). The van der Waals surface area contributed by atoms with E-state index >= 15 is 0 Å². The number of halogens is 5. The Balaban J connectivity index is 1.32. The second kappa shape index (κ2) is 9.35. The van der Waals surface area contributed by atoms with Gasteiger partial charge in [0, 0.05) is 12.0 Å². The van der Waals surface area contributed by atoms with Gasteiger partial charge in [0.15, 0.2) is 11.5 Å². The fourth-order valence-electron chi connectivity index (χ4n) is 5.26. The second-order valence-corrected chi connectivity index (χ2v) is 10.2. The molecule has 2 aliphatic heterocycles. The Labute approximate surface area is 230 Å². The third-order valence-electron chi connectivity index (χ3n) is 7.50. The van der Waals surface area contributed by atoms with Crippen LogP contribution < -0.4 is 19.5 Å². The Morgan fingerprint density at radius 2 is 1.71 bits per heavy atom. The van der Waals surface area contributed by atoms with E-state index in [4.69, 9.17) is 9.47 Å². The van der Waals surface area contributed by atoms with E-state index in [0.717, 1.165) is 12.1 Å². The molecule has 3 aromatic rings. The Morgan fingerprint density at radius 3 is 2.41 bits per heavy atom. The molecule has 1 saturated carbocycles. The van der Waals surface area contributed by atoms with E-state index in [1.807, 2.05) is 0 Å². The lowest BCUT2D eigenvalue weighted by atomic mass is 9.85. The number of hydrogen-bond acceptors (Lipinski definition) is 6. The van der Waals surface area contributed by atoms with Crippen LogP contribution in [-0.4, -0.2) is 25.3 Å². The first-order valence-electron chi connectivity index (χ1n) is 12.7. The summed E-state index contributed by atoms with van der Waals surface area (Å²) in [6.45, 7) is 0. The highest BCUT2D eigenvalue weighted by molar-refractivity contribution is 5.89. The van der Waals surface area contributed by atoms with E-state index in [-0.39, 0.29) is 34.8 Å². The van der Waals surface area contributed by atoms with Crippen LogP contribution in [0.1, 0.15) is 63.9 Å². The second-order valence-electron chi connectivity index (χ2n) is 10.2. The third-order valence-corrected chi connectivity index (χ3v) is 7.50. The molecule has 0 aromatic heterocycles. The normalized spacial score (nSPS) is 21.3. The highest BCUT2D eigenvalue weighted by Gasteiger charge is 2.50. The first kappa shape index (κ1) is 26.9. The van der Waals surface area contributed by atoms with Crippen LogP contribution in [0.15, 0.2) is 60.7 Å². The number of nitrogens with one attached hydrogen (secondary N) is 1. The largest absolute Gasteiger partial charge is 0.586 e. The lowest BCUT2D eigenvalue weighted by Gasteiger charge is -2.33. The fourth-order valence-corrected chi connectivity index (χ4v) is 5.26. The predicted molar refractivity (Wildman–Crippen MR) is 132 cm³/mol. The average molecular weight is 575 g/mol. The minimum atomic E-state index is -4.64. The highest BCUT2D eigenvalue weighted by Crippen LogP contribution is 2.51. The molecule has 3 aromatic carbocycles. The minimum absolute atomic E-state index is 0.0677. The van der Waals surface area contributed by atoms with Crippen molar-refractivity contribution in [2.75, 3.05) is 7.11 Å². The van der Waals surface area contributed by atoms with Crippen LogP contribution in [0.25, 0.3) is 0 Å². The molecule has 1 amide bonds. The van der Waals surface area contributed by atoms with Gasteiger partial charge in [-0.15, -0.1) is 8.78 Å². The molecular formula is C29H22F5NO6. The molecule has 1 fully saturated rings. The molecule has 12 heteroatoms. The quantitative estimate of drug-likeness (QED) is 0.287. The molecule has 0 unspecified atom stereocenters. The standard InChI is InChI=1S/C29H22F5NO6/c1-38-26(37)16-4-2-3-15(11-16)22-14-20(19-7-5-18(28(30,31)32)13-23(19)39-22)25(36)35-27(9-10-27)17-6-8-21-24(12-17)41-29(33,34)40-21/h2-8,11-13,20,22H,9-10,14H2,1H3,(H,35,36)/t20-,22-/m1/s1. The zero-order valence-electron chi connectivity index (χ0n) is 21.4. The summed E-state index contributed by atoms with van der Waals surface area (Å²) in [5.41, 5.74) is -0.292. The number of methoxy groups -OCH3 is 1. The van der Waals surface area contributed by atoms with Crippen molar-refractivity contribution in [3.8, 4) is 17.2 Å². The Morgan fingerprint density at radius 1 is 0.951 bits per heavy atom. The molecule has 1 aliphatic carbocycles. The maximum absolute atomic E-state index is 13.8. The number of fused-ring (bicyclic) bond motifs is 2. The molecule has 1 N–H and O–H groups in total. The summed E-state index contributed by atoms with van der Waals surface area (Å²) in [6.07, 6.45) is -8.18. The summed E-state index contributed by atoms with van der Waals surface area (Å²) >= 11 is 0. The summed E-state index contributed by atoms with van der Waals surface area (Å²) in [5, 5.41) is 2.99. The number of carbonyl (C=O) groups excluding carboxylic acids is 2. The summed E-state index contributed by atoms with van der Waals surface area (Å²) in [7, 11) is 1.22. The van der Waals surface area contributed by atoms with Gasteiger partial charge in [0.1, 0.15) is 11.9 Å². The van der Waals surface area contributed by atoms with Crippen LogP contribution >= 0.6 is 0 Å². The van der Waals surface area contributed by atoms with Gasteiger partial charge in [0.2, 0.25) is 5.91 Å². The first-order valence-corrected chi connectivity index (χ1v) is 12.7. The molecule has 2 atom stereocenters. The number of benzene rings is 3. The zero-order valence-corrected chi connectivity index (χ0v) is 21.4. The Bertz CT molecular complexity index is 1550. The number of carbonyl (C=O) groups is 2. The topological polar surface area (TPSA) is 83.1 Å². The average Bonchev–Trinajstić information content (AvgIpc) is 3.64. The van der Waals surface area contributed by atoms with E-state index in [0.29, 0.717) is 24.0 Å². The molecule has 7 nitrogen and oxygen atoms in total. The molecule has 0 spiro atoms. The highest BCUT2D eigenvalue weighted by atomic mass is 19.4. The molecule has 0 bridgehead atoms. The molecule has 214 valence electrons. The van der Waals surface area contributed by atoms with Crippen molar-refractivity contribution in [3.63, 3.8) is 0 Å². The van der Waals surface area contributed by atoms with Gasteiger partial charge >= 0.3 is 18.4 Å². The van der Waals surface area contributed by atoms with Crippen molar-refractivity contribution >= 4 is 11.9 Å². The molecule has 41 heavy (non-hydrogen) atoms.